The van der Waals surface area contributed by atoms with Gasteiger partial charge < -0.3 is 10.1 Å². The highest BCUT2D eigenvalue weighted by atomic mass is 16.4. The molecule has 0 aliphatic heterocycles. The van der Waals surface area contributed by atoms with Gasteiger partial charge in [0.2, 0.25) is 0 Å². The zero-order valence-corrected chi connectivity index (χ0v) is 8.84. The van der Waals surface area contributed by atoms with Gasteiger partial charge in [-0.05, 0) is 13.8 Å². The van der Waals surface area contributed by atoms with Crippen molar-refractivity contribution in [2.75, 3.05) is 0 Å². The summed E-state index contributed by atoms with van der Waals surface area (Å²) in [7, 11) is 0. The molecule has 0 aliphatic rings. The van der Waals surface area contributed by atoms with Crippen LogP contribution in [0.4, 0.5) is 0 Å². The maximum atomic E-state index is 11.2. The van der Waals surface area contributed by atoms with E-state index in [1.165, 1.54) is 6.20 Å². The quantitative estimate of drug-likeness (QED) is 0.720. The second kappa shape index (κ2) is 5.21. The number of aromatic amines is 1. The molecule has 4 heteroatoms. The smallest absolute Gasteiger partial charge is 0.341 e. The molecule has 0 fully saturated rings. The fourth-order valence-corrected chi connectivity index (χ4v) is 0.885. The maximum Gasteiger partial charge on any atom is 0.341 e. The molecular formula is C10H15NO3. The summed E-state index contributed by atoms with van der Waals surface area (Å²) in [5, 5.41) is 8.56. The second-order valence-electron chi connectivity index (χ2n) is 2.59. The van der Waals surface area contributed by atoms with Crippen LogP contribution in [0, 0.1) is 13.8 Å². The van der Waals surface area contributed by atoms with Gasteiger partial charge in [0.15, 0.2) is 5.43 Å². The van der Waals surface area contributed by atoms with Gasteiger partial charge in [-0.25, -0.2) is 4.79 Å². The van der Waals surface area contributed by atoms with Gasteiger partial charge in [-0.15, -0.1) is 0 Å². The lowest BCUT2D eigenvalue weighted by Gasteiger charge is -1.99. The summed E-state index contributed by atoms with van der Waals surface area (Å²) >= 11 is 0. The van der Waals surface area contributed by atoms with Crippen LogP contribution in [0.3, 0.4) is 0 Å². The maximum absolute atomic E-state index is 11.2. The molecule has 0 aliphatic carbocycles. The van der Waals surface area contributed by atoms with Crippen LogP contribution in [0.5, 0.6) is 0 Å². The third kappa shape index (κ3) is 2.45. The largest absolute Gasteiger partial charge is 0.477 e. The Kier molecular flexibility index (Phi) is 4.63. The monoisotopic (exact) mass is 197 g/mol. The van der Waals surface area contributed by atoms with Gasteiger partial charge in [0.25, 0.3) is 0 Å². The van der Waals surface area contributed by atoms with Crippen LogP contribution >= 0.6 is 0 Å². The molecular weight excluding hydrogens is 182 g/mol. The Bertz CT molecular complexity index is 379. The predicted octanol–water partition coefficient (Wildman–Crippen LogP) is 1.72. The number of aromatic nitrogens is 1. The number of hydrogen-bond acceptors (Lipinski definition) is 2. The number of aryl methyl sites for hydroxylation is 1. The number of carboxylic acids is 1. The van der Waals surface area contributed by atoms with Crippen molar-refractivity contribution in [3.63, 3.8) is 0 Å². The fraction of sp³-hybridized carbons (Fsp3) is 0.400. The lowest BCUT2D eigenvalue weighted by atomic mass is 10.1. The van der Waals surface area contributed by atoms with Gasteiger partial charge in [-0.3, -0.25) is 4.79 Å². The molecule has 0 saturated heterocycles. The number of rotatable bonds is 1. The number of carboxylic acid groups (broad SMARTS) is 1. The van der Waals surface area contributed by atoms with E-state index in [1.54, 1.807) is 13.8 Å². The SMILES string of the molecule is CC.Cc1[nH]cc(C(=O)O)c(=O)c1C. The van der Waals surface area contributed by atoms with E-state index in [4.69, 9.17) is 5.11 Å². The zero-order valence-electron chi connectivity index (χ0n) is 8.84. The normalized spacial score (nSPS) is 8.86. The third-order valence-electron chi connectivity index (χ3n) is 1.81. The molecule has 78 valence electrons. The average Bonchev–Trinajstić information content (AvgIpc) is 2.17. The van der Waals surface area contributed by atoms with Crippen LogP contribution in [-0.4, -0.2) is 16.1 Å². The first-order valence-corrected chi connectivity index (χ1v) is 4.46. The summed E-state index contributed by atoms with van der Waals surface area (Å²) < 4.78 is 0. The number of H-pyrrole nitrogens is 1. The van der Waals surface area contributed by atoms with E-state index in [9.17, 15) is 9.59 Å². The molecule has 0 atom stereocenters. The Labute approximate surface area is 82.6 Å². The van der Waals surface area contributed by atoms with Gasteiger partial charge >= 0.3 is 5.97 Å². The Balaban J connectivity index is 0.000000791. The summed E-state index contributed by atoms with van der Waals surface area (Å²) in [4.78, 5) is 24.4. The van der Waals surface area contributed by atoms with E-state index in [-0.39, 0.29) is 5.56 Å². The minimum Gasteiger partial charge on any atom is -0.477 e. The lowest BCUT2D eigenvalue weighted by Crippen LogP contribution is -2.18. The highest BCUT2D eigenvalue weighted by molar-refractivity contribution is 5.87. The van der Waals surface area contributed by atoms with Crippen molar-refractivity contribution in [2.45, 2.75) is 27.7 Å². The first-order chi connectivity index (χ1) is 6.54. The standard InChI is InChI=1S/C8H9NO3.C2H6/c1-4-5(2)9-3-6(7(4)10)8(11)12;1-2/h3H,1-2H3,(H,9,10)(H,11,12);1-2H3. The van der Waals surface area contributed by atoms with Crippen molar-refractivity contribution >= 4 is 5.97 Å². The van der Waals surface area contributed by atoms with Crippen LogP contribution < -0.4 is 5.43 Å². The minimum absolute atomic E-state index is 0.210. The van der Waals surface area contributed by atoms with Gasteiger partial charge in [0.05, 0.1) is 0 Å². The summed E-state index contributed by atoms with van der Waals surface area (Å²) in [6.07, 6.45) is 1.22. The van der Waals surface area contributed by atoms with Crippen LogP contribution in [0.2, 0.25) is 0 Å². The third-order valence-corrected chi connectivity index (χ3v) is 1.81. The van der Waals surface area contributed by atoms with Crippen LogP contribution in [0.15, 0.2) is 11.0 Å². The van der Waals surface area contributed by atoms with Crippen molar-refractivity contribution in [1.82, 2.24) is 4.98 Å². The molecule has 4 nitrogen and oxygen atoms in total. The van der Waals surface area contributed by atoms with E-state index < -0.39 is 11.4 Å². The molecule has 1 heterocycles. The van der Waals surface area contributed by atoms with Crippen LogP contribution in [-0.2, 0) is 0 Å². The predicted molar refractivity (Wildman–Crippen MR) is 54.8 cm³/mol. The Morgan fingerprint density at radius 3 is 2.29 bits per heavy atom. The number of aromatic carboxylic acids is 1. The van der Waals surface area contributed by atoms with Crippen LogP contribution in [0.1, 0.15) is 35.5 Å². The van der Waals surface area contributed by atoms with E-state index in [0.29, 0.717) is 11.3 Å². The molecule has 0 amide bonds. The lowest BCUT2D eigenvalue weighted by molar-refractivity contribution is 0.0695. The minimum atomic E-state index is -1.20. The molecule has 2 N–H and O–H groups in total. The van der Waals surface area contributed by atoms with Gasteiger partial charge in [0.1, 0.15) is 5.56 Å². The highest BCUT2D eigenvalue weighted by Crippen LogP contribution is 1.98. The molecule has 0 saturated carbocycles. The number of carbonyl (C=O) groups is 1. The highest BCUT2D eigenvalue weighted by Gasteiger charge is 2.10. The number of hydrogen-bond donors (Lipinski definition) is 2. The fourth-order valence-electron chi connectivity index (χ4n) is 0.885. The first-order valence-electron chi connectivity index (χ1n) is 4.46. The van der Waals surface area contributed by atoms with E-state index >= 15 is 0 Å². The molecule has 1 rings (SSSR count). The van der Waals surface area contributed by atoms with E-state index in [2.05, 4.69) is 4.98 Å². The van der Waals surface area contributed by atoms with Crippen molar-refractivity contribution in [3.05, 3.63) is 33.2 Å². The molecule has 0 radical (unpaired) electrons. The molecule has 14 heavy (non-hydrogen) atoms. The van der Waals surface area contributed by atoms with E-state index in [0.717, 1.165) is 0 Å². The molecule has 0 spiro atoms. The molecule has 1 aromatic rings. The van der Waals surface area contributed by atoms with Crippen molar-refractivity contribution in [2.24, 2.45) is 0 Å². The van der Waals surface area contributed by atoms with Gasteiger partial charge in [-0.2, -0.15) is 0 Å². The Hall–Kier alpha value is -1.58. The van der Waals surface area contributed by atoms with Crippen molar-refractivity contribution < 1.29 is 9.90 Å². The molecule has 0 aromatic carbocycles. The average molecular weight is 197 g/mol. The van der Waals surface area contributed by atoms with Gasteiger partial charge in [0, 0.05) is 17.5 Å². The first kappa shape index (κ1) is 12.4. The summed E-state index contributed by atoms with van der Waals surface area (Å²) in [5.41, 5.74) is 0.525. The molecule has 1 aromatic heterocycles. The van der Waals surface area contributed by atoms with Crippen LogP contribution in [0.25, 0.3) is 0 Å². The second-order valence-corrected chi connectivity index (χ2v) is 2.59. The van der Waals surface area contributed by atoms with E-state index in [1.807, 2.05) is 13.8 Å². The Morgan fingerprint density at radius 1 is 1.36 bits per heavy atom. The van der Waals surface area contributed by atoms with Crippen molar-refractivity contribution in [1.29, 1.82) is 0 Å². The summed E-state index contributed by atoms with van der Waals surface area (Å²) in [6.45, 7) is 7.32. The summed E-state index contributed by atoms with van der Waals surface area (Å²) in [6, 6.07) is 0. The number of pyridine rings is 1. The topological polar surface area (TPSA) is 70.2 Å². The molecule has 0 bridgehead atoms. The number of nitrogens with one attached hydrogen (secondary N) is 1. The van der Waals surface area contributed by atoms with Gasteiger partial charge in [-0.1, -0.05) is 13.8 Å². The Morgan fingerprint density at radius 2 is 1.86 bits per heavy atom. The van der Waals surface area contributed by atoms with Crippen molar-refractivity contribution in [3.8, 4) is 0 Å². The molecule has 0 unspecified atom stereocenters. The summed E-state index contributed by atoms with van der Waals surface area (Å²) in [5.74, 6) is -1.20. The zero-order chi connectivity index (χ0) is 11.3.